The minimum absolute atomic E-state index is 0.481. The molecule has 5 N–H and O–H groups in total. The van der Waals surface area contributed by atoms with Crippen molar-refractivity contribution in [2.45, 2.75) is 6.54 Å². The average Bonchev–Trinajstić information content (AvgIpc) is 2.45. The number of para-hydroxylation sites is 1. The summed E-state index contributed by atoms with van der Waals surface area (Å²) in [7, 11) is 0. The summed E-state index contributed by atoms with van der Waals surface area (Å²) in [6, 6.07) is 5.80. The smallest absolute Gasteiger partial charge is 0.0701 e. The fraction of sp³-hybridized carbons (Fsp3) is 0.111. The van der Waals surface area contributed by atoms with E-state index in [1.54, 1.807) is 0 Å². The summed E-state index contributed by atoms with van der Waals surface area (Å²) in [5.74, 6) is 0. The van der Waals surface area contributed by atoms with Crippen LogP contribution in [-0.2, 0) is 6.54 Å². The molecule has 0 bridgehead atoms. The van der Waals surface area contributed by atoms with Crippen LogP contribution < -0.4 is 11.5 Å². The highest BCUT2D eigenvalue weighted by Crippen LogP contribution is 2.30. The minimum Gasteiger partial charge on any atom is -0.397 e. The molecule has 1 aromatic heterocycles. The Morgan fingerprint density at radius 2 is 2.15 bits per heavy atom. The molecule has 4 heteroatoms. The third kappa shape index (κ3) is 1.22. The van der Waals surface area contributed by atoms with Gasteiger partial charge in [0.15, 0.2) is 0 Å². The maximum Gasteiger partial charge on any atom is 0.0701 e. The highest BCUT2D eigenvalue weighted by Gasteiger charge is 2.08. The second kappa shape index (κ2) is 3.05. The highest BCUT2D eigenvalue weighted by molar-refractivity contribution is 9.10. The lowest BCUT2D eigenvalue weighted by molar-refractivity contribution is 1.01. The van der Waals surface area contributed by atoms with Crippen molar-refractivity contribution in [2.75, 3.05) is 5.73 Å². The number of H-pyrrole nitrogens is 1. The first-order chi connectivity index (χ1) is 6.24. The van der Waals surface area contributed by atoms with E-state index in [4.69, 9.17) is 11.5 Å². The number of hydrogen-bond donors (Lipinski definition) is 3. The number of nitrogens with one attached hydrogen (secondary N) is 1. The first kappa shape index (κ1) is 8.59. The molecule has 0 amide bonds. The van der Waals surface area contributed by atoms with Gasteiger partial charge in [-0.1, -0.05) is 12.1 Å². The topological polar surface area (TPSA) is 67.8 Å². The zero-order chi connectivity index (χ0) is 9.42. The summed E-state index contributed by atoms with van der Waals surface area (Å²) in [5, 5.41) is 1.08. The summed E-state index contributed by atoms with van der Waals surface area (Å²) >= 11 is 3.48. The van der Waals surface area contributed by atoms with E-state index < -0.39 is 0 Å². The van der Waals surface area contributed by atoms with Crippen molar-refractivity contribution in [2.24, 2.45) is 5.73 Å². The van der Waals surface area contributed by atoms with Gasteiger partial charge in [0, 0.05) is 22.1 Å². The quantitative estimate of drug-likeness (QED) is 0.667. The molecule has 0 saturated carbocycles. The van der Waals surface area contributed by atoms with Crippen molar-refractivity contribution in [1.82, 2.24) is 4.98 Å². The number of fused-ring (bicyclic) bond motifs is 1. The van der Waals surface area contributed by atoms with Crippen LogP contribution in [-0.4, -0.2) is 4.98 Å². The number of hydrogen-bond acceptors (Lipinski definition) is 2. The summed E-state index contributed by atoms with van der Waals surface area (Å²) < 4.78 is 1.01. The largest absolute Gasteiger partial charge is 0.397 e. The van der Waals surface area contributed by atoms with Gasteiger partial charge in [0.2, 0.25) is 0 Å². The monoisotopic (exact) mass is 239 g/mol. The molecule has 0 unspecified atom stereocenters. The van der Waals surface area contributed by atoms with Crippen molar-refractivity contribution >= 4 is 32.5 Å². The van der Waals surface area contributed by atoms with Crippen molar-refractivity contribution in [1.29, 1.82) is 0 Å². The molecule has 1 aromatic carbocycles. The maximum absolute atomic E-state index is 5.80. The van der Waals surface area contributed by atoms with Crippen LogP contribution in [0.5, 0.6) is 0 Å². The van der Waals surface area contributed by atoms with Crippen LogP contribution in [0.1, 0.15) is 5.69 Å². The lowest BCUT2D eigenvalue weighted by Gasteiger charge is -1.93. The number of nitrogens with two attached hydrogens (primary N) is 2. The van der Waals surface area contributed by atoms with Gasteiger partial charge >= 0.3 is 0 Å². The molecule has 0 aliphatic rings. The molecule has 0 radical (unpaired) electrons. The van der Waals surface area contributed by atoms with Gasteiger partial charge < -0.3 is 16.5 Å². The number of benzene rings is 1. The lowest BCUT2D eigenvalue weighted by atomic mass is 10.2. The zero-order valence-electron chi connectivity index (χ0n) is 6.97. The molecular weight excluding hydrogens is 230 g/mol. The van der Waals surface area contributed by atoms with E-state index in [0.717, 1.165) is 26.8 Å². The summed E-state index contributed by atoms with van der Waals surface area (Å²) in [5.41, 5.74) is 14.0. The standard InChI is InChI=1S/C9H10BrN3/c10-8-5-2-1-3-6(12)9(5)13-7(8)4-11/h1-3,13H,4,11-12H2. The Bertz CT molecular complexity index is 447. The first-order valence-electron chi connectivity index (χ1n) is 3.98. The van der Waals surface area contributed by atoms with Crippen LogP contribution in [0.3, 0.4) is 0 Å². The minimum atomic E-state index is 0.481. The molecule has 0 aliphatic carbocycles. The van der Waals surface area contributed by atoms with Gasteiger partial charge in [-0.3, -0.25) is 0 Å². The van der Waals surface area contributed by atoms with E-state index in [2.05, 4.69) is 20.9 Å². The molecule has 2 rings (SSSR count). The van der Waals surface area contributed by atoms with E-state index in [-0.39, 0.29) is 0 Å². The number of halogens is 1. The molecule has 0 atom stereocenters. The second-order valence-corrected chi connectivity index (χ2v) is 3.68. The Balaban J connectivity index is 2.83. The molecule has 0 fully saturated rings. The molecule has 2 aromatic rings. The van der Waals surface area contributed by atoms with E-state index in [9.17, 15) is 0 Å². The molecule has 0 spiro atoms. The summed E-state index contributed by atoms with van der Waals surface area (Å²) in [4.78, 5) is 3.18. The van der Waals surface area contributed by atoms with Crippen LogP contribution in [0.25, 0.3) is 10.9 Å². The second-order valence-electron chi connectivity index (χ2n) is 2.89. The Morgan fingerprint density at radius 1 is 1.38 bits per heavy atom. The normalized spacial score (nSPS) is 10.9. The highest BCUT2D eigenvalue weighted by atomic mass is 79.9. The predicted octanol–water partition coefficient (Wildman–Crippen LogP) is 1.97. The van der Waals surface area contributed by atoms with Gasteiger partial charge in [-0.15, -0.1) is 0 Å². The van der Waals surface area contributed by atoms with Crippen LogP contribution in [0.15, 0.2) is 22.7 Å². The maximum atomic E-state index is 5.80. The Kier molecular flexibility index (Phi) is 2.01. The van der Waals surface area contributed by atoms with Crippen molar-refractivity contribution in [3.8, 4) is 0 Å². The van der Waals surface area contributed by atoms with Crippen LogP contribution >= 0.6 is 15.9 Å². The lowest BCUT2D eigenvalue weighted by Crippen LogP contribution is -1.96. The Labute approximate surface area is 84.2 Å². The van der Waals surface area contributed by atoms with Gasteiger partial charge in [-0.25, -0.2) is 0 Å². The third-order valence-corrected chi connectivity index (χ3v) is 2.98. The molecule has 3 nitrogen and oxygen atoms in total. The molecule has 68 valence electrons. The summed E-state index contributed by atoms with van der Waals surface area (Å²) in [6.07, 6.45) is 0. The number of aromatic nitrogens is 1. The molecule has 0 aliphatic heterocycles. The third-order valence-electron chi connectivity index (χ3n) is 2.08. The Hall–Kier alpha value is -1.00. The van der Waals surface area contributed by atoms with Crippen LogP contribution in [0.4, 0.5) is 5.69 Å². The number of aromatic amines is 1. The van der Waals surface area contributed by atoms with Gasteiger partial charge in [0.25, 0.3) is 0 Å². The average molecular weight is 240 g/mol. The van der Waals surface area contributed by atoms with Crippen LogP contribution in [0.2, 0.25) is 0 Å². The number of nitrogen functional groups attached to an aromatic ring is 1. The summed E-state index contributed by atoms with van der Waals surface area (Å²) in [6.45, 7) is 0.481. The van der Waals surface area contributed by atoms with Gasteiger partial charge in [0.1, 0.15) is 0 Å². The molecule has 1 heterocycles. The Morgan fingerprint density at radius 3 is 2.77 bits per heavy atom. The number of rotatable bonds is 1. The van der Waals surface area contributed by atoms with Gasteiger partial charge in [-0.2, -0.15) is 0 Å². The van der Waals surface area contributed by atoms with Crippen LogP contribution in [0, 0.1) is 0 Å². The fourth-order valence-electron chi connectivity index (χ4n) is 1.40. The predicted molar refractivity (Wildman–Crippen MR) is 58.3 cm³/mol. The molecular formula is C9H10BrN3. The van der Waals surface area contributed by atoms with E-state index in [1.807, 2.05) is 18.2 Å². The van der Waals surface area contributed by atoms with E-state index in [1.165, 1.54) is 0 Å². The van der Waals surface area contributed by atoms with Crippen molar-refractivity contribution < 1.29 is 0 Å². The fourth-order valence-corrected chi connectivity index (χ4v) is 1.99. The van der Waals surface area contributed by atoms with Gasteiger partial charge in [-0.05, 0) is 22.0 Å². The zero-order valence-corrected chi connectivity index (χ0v) is 8.56. The van der Waals surface area contributed by atoms with Crippen molar-refractivity contribution in [3.63, 3.8) is 0 Å². The van der Waals surface area contributed by atoms with Crippen molar-refractivity contribution in [3.05, 3.63) is 28.4 Å². The van der Waals surface area contributed by atoms with E-state index in [0.29, 0.717) is 6.54 Å². The first-order valence-corrected chi connectivity index (χ1v) is 4.78. The van der Waals surface area contributed by atoms with Gasteiger partial charge in [0.05, 0.1) is 11.2 Å². The molecule has 0 saturated heterocycles. The molecule has 13 heavy (non-hydrogen) atoms. The van der Waals surface area contributed by atoms with E-state index >= 15 is 0 Å². The number of anilines is 1. The SMILES string of the molecule is NCc1[nH]c2c(N)cccc2c1Br.